The number of sulfonamides is 1. The van der Waals surface area contributed by atoms with Gasteiger partial charge in [0.15, 0.2) is 0 Å². The number of benzene rings is 2. The third kappa shape index (κ3) is 4.92. The smallest absolute Gasteiger partial charge is 0.248 e. The summed E-state index contributed by atoms with van der Waals surface area (Å²) in [7, 11) is 2.94. The van der Waals surface area contributed by atoms with Crippen LogP contribution in [0.15, 0.2) is 53.4 Å². The van der Waals surface area contributed by atoms with Crippen molar-refractivity contribution in [2.24, 2.45) is 0 Å². The molecule has 0 aromatic heterocycles. The zero-order valence-corrected chi connectivity index (χ0v) is 18.1. The van der Waals surface area contributed by atoms with Crippen molar-refractivity contribution < 1.29 is 13.2 Å². The fourth-order valence-corrected chi connectivity index (χ4v) is 3.81. The average molecular weight is 422 g/mol. The first kappa shape index (κ1) is 21.9. The van der Waals surface area contributed by atoms with Gasteiger partial charge in [-0.2, -0.15) is 0 Å². The van der Waals surface area contributed by atoms with Crippen LogP contribution in [0.4, 0.5) is 11.4 Å². The zero-order valence-electron chi connectivity index (χ0n) is 16.5. The van der Waals surface area contributed by atoms with E-state index in [4.69, 9.17) is 11.6 Å². The number of amides is 1. The second kappa shape index (κ2) is 8.77. The Kier molecular flexibility index (Phi) is 6.87. The summed E-state index contributed by atoms with van der Waals surface area (Å²) in [5.41, 5.74) is 2.55. The molecule has 2 aromatic rings. The van der Waals surface area contributed by atoms with Crippen LogP contribution >= 0.6 is 11.6 Å². The molecule has 0 fully saturated rings. The standard InChI is InChI=1S/C20H24ClN3O3S/c1-14(16-8-6-7-9-17(16)21)12-20(25)22-18-13-15(28(26,27)24(4)5)10-11-19(18)23(2)3/h6-13H,1-5H3,(H,22,25)/b14-12-. The number of halogens is 1. The SMILES string of the molecule is C/C(=C/C(=O)Nc1cc(S(=O)(=O)N(C)C)ccc1N(C)C)c1ccccc1Cl. The molecule has 1 N–H and O–H groups in total. The average Bonchev–Trinajstić information content (AvgIpc) is 2.61. The van der Waals surface area contributed by atoms with Crippen LogP contribution in [-0.4, -0.2) is 46.8 Å². The van der Waals surface area contributed by atoms with Crippen molar-refractivity contribution in [3.05, 3.63) is 59.1 Å². The van der Waals surface area contributed by atoms with E-state index in [0.717, 1.165) is 9.87 Å². The molecule has 1 amide bonds. The van der Waals surface area contributed by atoms with E-state index in [9.17, 15) is 13.2 Å². The topological polar surface area (TPSA) is 69.7 Å². The summed E-state index contributed by atoms with van der Waals surface area (Å²) >= 11 is 6.18. The molecule has 0 aliphatic rings. The highest BCUT2D eigenvalue weighted by atomic mass is 35.5. The van der Waals surface area contributed by atoms with Gasteiger partial charge in [-0.3, -0.25) is 4.79 Å². The van der Waals surface area contributed by atoms with Crippen LogP contribution in [-0.2, 0) is 14.8 Å². The largest absolute Gasteiger partial charge is 0.376 e. The maximum atomic E-state index is 12.6. The highest BCUT2D eigenvalue weighted by Gasteiger charge is 2.20. The number of hydrogen-bond donors (Lipinski definition) is 1. The summed E-state index contributed by atoms with van der Waals surface area (Å²) in [4.78, 5) is 14.5. The van der Waals surface area contributed by atoms with E-state index < -0.39 is 10.0 Å². The van der Waals surface area contributed by atoms with E-state index >= 15 is 0 Å². The number of nitrogens with one attached hydrogen (secondary N) is 1. The summed E-state index contributed by atoms with van der Waals surface area (Å²) in [5.74, 6) is -0.375. The van der Waals surface area contributed by atoms with Gasteiger partial charge in [-0.25, -0.2) is 12.7 Å². The minimum atomic E-state index is -3.62. The summed E-state index contributed by atoms with van der Waals surface area (Å²) in [6.45, 7) is 1.79. The molecule has 2 rings (SSSR count). The number of anilines is 2. The Morgan fingerprint density at radius 3 is 2.29 bits per heavy atom. The minimum absolute atomic E-state index is 0.102. The zero-order chi connectivity index (χ0) is 21.1. The maximum absolute atomic E-state index is 12.6. The summed E-state index contributed by atoms with van der Waals surface area (Å²) in [6.07, 6.45) is 1.44. The fourth-order valence-electron chi connectivity index (χ4n) is 2.60. The monoisotopic (exact) mass is 421 g/mol. The molecule has 0 unspecified atom stereocenters. The number of nitrogens with zero attached hydrogens (tertiary/aromatic N) is 2. The van der Waals surface area contributed by atoms with Crippen LogP contribution in [0.2, 0.25) is 5.02 Å². The van der Waals surface area contributed by atoms with Crippen molar-refractivity contribution in [2.75, 3.05) is 38.4 Å². The molecule has 0 aliphatic carbocycles. The molecule has 0 aliphatic heterocycles. The molecule has 0 atom stereocenters. The van der Waals surface area contributed by atoms with E-state index in [1.165, 1.54) is 32.3 Å². The van der Waals surface area contributed by atoms with Gasteiger partial charge >= 0.3 is 0 Å². The molecule has 28 heavy (non-hydrogen) atoms. The molecule has 0 bridgehead atoms. The van der Waals surface area contributed by atoms with Gasteiger partial charge in [0.05, 0.1) is 16.3 Å². The molecule has 0 saturated carbocycles. The number of carbonyl (C=O) groups is 1. The predicted molar refractivity (Wildman–Crippen MR) is 115 cm³/mol. The van der Waals surface area contributed by atoms with Gasteiger partial charge in [0, 0.05) is 39.3 Å². The van der Waals surface area contributed by atoms with Crippen molar-refractivity contribution in [3.63, 3.8) is 0 Å². The van der Waals surface area contributed by atoms with Crippen LogP contribution in [0.25, 0.3) is 5.57 Å². The minimum Gasteiger partial charge on any atom is -0.376 e. The van der Waals surface area contributed by atoms with E-state index in [0.29, 0.717) is 22.0 Å². The first-order valence-corrected chi connectivity index (χ1v) is 10.3. The third-order valence-electron chi connectivity index (χ3n) is 4.13. The third-order valence-corrected chi connectivity index (χ3v) is 6.27. The molecular weight excluding hydrogens is 398 g/mol. The Bertz CT molecular complexity index is 1020. The van der Waals surface area contributed by atoms with E-state index in [2.05, 4.69) is 5.32 Å². The van der Waals surface area contributed by atoms with E-state index in [1.54, 1.807) is 24.0 Å². The van der Waals surface area contributed by atoms with Crippen LogP contribution < -0.4 is 10.2 Å². The van der Waals surface area contributed by atoms with Crippen LogP contribution in [0.5, 0.6) is 0 Å². The molecule has 0 spiro atoms. The molecular formula is C20H24ClN3O3S. The van der Waals surface area contributed by atoms with Crippen molar-refractivity contribution >= 4 is 44.5 Å². The van der Waals surface area contributed by atoms with Gasteiger partial charge in [0.1, 0.15) is 0 Å². The molecule has 8 heteroatoms. The van der Waals surface area contributed by atoms with E-state index in [-0.39, 0.29) is 10.8 Å². The first-order valence-electron chi connectivity index (χ1n) is 8.52. The lowest BCUT2D eigenvalue weighted by Gasteiger charge is -2.20. The Morgan fingerprint density at radius 2 is 1.71 bits per heavy atom. The number of hydrogen-bond acceptors (Lipinski definition) is 4. The quantitative estimate of drug-likeness (QED) is 0.722. The summed E-state index contributed by atoms with van der Waals surface area (Å²) < 4.78 is 26.0. The van der Waals surface area contributed by atoms with Gasteiger partial charge in [0.2, 0.25) is 15.9 Å². The lowest BCUT2D eigenvalue weighted by Crippen LogP contribution is -2.23. The Labute approximate surface area is 171 Å². The van der Waals surface area contributed by atoms with Crippen LogP contribution in [0.1, 0.15) is 12.5 Å². The Morgan fingerprint density at radius 1 is 1.07 bits per heavy atom. The van der Waals surface area contributed by atoms with Crippen LogP contribution in [0, 0.1) is 0 Å². The summed E-state index contributed by atoms with van der Waals surface area (Å²) in [6, 6.07) is 11.9. The van der Waals surface area contributed by atoms with E-state index in [1.807, 2.05) is 32.3 Å². The Hall–Kier alpha value is -2.35. The molecule has 6 nitrogen and oxygen atoms in total. The maximum Gasteiger partial charge on any atom is 0.248 e. The number of carbonyl (C=O) groups excluding carboxylic acids is 1. The second-order valence-corrected chi connectivity index (χ2v) is 9.22. The van der Waals surface area contributed by atoms with Gasteiger partial charge in [-0.05, 0) is 42.3 Å². The van der Waals surface area contributed by atoms with Crippen molar-refractivity contribution in [1.82, 2.24) is 4.31 Å². The molecule has 0 heterocycles. The lowest BCUT2D eigenvalue weighted by atomic mass is 10.1. The summed E-state index contributed by atoms with van der Waals surface area (Å²) in [5, 5.41) is 3.33. The number of rotatable bonds is 6. The molecule has 2 aromatic carbocycles. The van der Waals surface area contributed by atoms with Gasteiger partial charge in [0.25, 0.3) is 0 Å². The van der Waals surface area contributed by atoms with Crippen molar-refractivity contribution in [3.8, 4) is 0 Å². The second-order valence-electron chi connectivity index (χ2n) is 6.66. The highest BCUT2D eigenvalue weighted by Crippen LogP contribution is 2.29. The van der Waals surface area contributed by atoms with Gasteiger partial charge in [-0.15, -0.1) is 0 Å². The van der Waals surface area contributed by atoms with Crippen LogP contribution in [0.3, 0.4) is 0 Å². The lowest BCUT2D eigenvalue weighted by molar-refractivity contribution is -0.111. The van der Waals surface area contributed by atoms with Crippen molar-refractivity contribution in [2.45, 2.75) is 11.8 Å². The Balaban J connectivity index is 2.39. The molecule has 150 valence electrons. The highest BCUT2D eigenvalue weighted by molar-refractivity contribution is 7.89. The normalized spacial score (nSPS) is 12.2. The first-order chi connectivity index (χ1) is 13.0. The van der Waals surface area contributed by atoms with Gasteiger partial charge < -0.3 is 10.2 Å². The number of allylic oxidation sites excluding steroid dienone is 1. The van der Waals surface area contributed by atoms with Crippen molar-refractivity contribution in [1.29, 1.82) is 0 Å². The van der Waals surface area contributed by atoms with Gasteiger partial charge in [-0.1, -0.05) is 29.8 Å². The predicted octanol–water partition coefficient (Wildman–Crippen LogP) is 3.70. The fraction of sp³-hybridized carbons (Fsp3) is 0.250. The molecule has 0 radical (unpaired) electrons. The molecule has 0 saturated heterocycles.